The van der Waals surface area contributed by atoms with E-state index in [-0.39, 0.29) is 36.2 Å². The van der Waals surface area contributed by atoms with Crippen LogP contribution < -0.4 is 0 Å². The minimum absolute atomic E-state index is 0.0953. The number of amides is 2. The fourth-order valence-corrected chi connectivity index (χ4v) is 2.63. The lowest BCUT2D eigenvalue weighted by molar-refractivity contribution is -0.384. The lowest BCUT2D eigenvalue weighted by atomic mass is 10.0. The van der Waals surface area contributed by atoms with Crippen molar-refractivity contribution in [1.29, 1.82) is 0 Å². The van der Waals surface area contributed by atoms with Crippen LogP contribution in [0, 0.1) is 10.1 Å². The number of nitro groups is 1. The van der Waals surface area contributed by atoms with Crippen LogP contribution in [0.25, 0.3) is 5.57 Å². The maximum absolute atomic E-state index is 12.7. The number of aliphatic hydroxyl groups is 1. The van der Waals surface area contributed by atoms with Crippen LogP contribution in [0.4, 0.5) is 5.69 Å². The molecule has 1 heterocycles. The molecule has 1 aromatic carbocycles. The van der Waals surface area contributed by atoms with Crippen LogP contribution >= 0.6 is 0 Å². The molecule has 1 aliphatic rings. The predicted molar refractivity (Wildman–Crippen MR) is 86.7 cm³/mol. The molecule has 1 aliphatic heterocycles. The van der Waals surface area contributed by atoms with Crippen LogP contribution in [-0.2, 0) is 9.59 Å². The minimum atomic E-state index is -0.529. The molecule has 1 aromatic rings. The summed E-state index contributed by atoms with van der Waals surface area (Å²) in [6.45, 7) is 3.49. The zero-order chi connectivity index (χ0) is 18.0. The molecule has 0 aromatic heterocycles. The van der Waals surface area contributed by atoms with Gasteiger partial charge in [0.15, 0.2) is 0 Å². The van der Waals surface area contributed by atoms with Gasteiger partial charge in [0.1, 0.15) is 5.70 Å². The molecule has 2 rings (SSSR count). The molecule has 0 spiro atoms. The van der Waals surface area contributed by atoms with Gasteiger partial charge in [-0.1, -0.05) is 0 Å². The highest BCUT2D eigenvalue weighted by Crippen LogP contribution is 2.32. The number of imide groups is 1. The molecule has 128 valence electrons. The Morgan fingerprint density at radius 3 is 2.25 bits per heavy atom. The number of benzene rings is 1. The maximum atomic E-state index is 12.7. The molecule has 0 saturated heterocycles. The second-order valence-corrected chi connectivity index (χ2v) is 5.75. The van der Waals surface area contributed by atoms with E-state index in [1.165, 1.54) is 29.2 Å². The summed E-state index contributed by atoms with van der Waals surface area (Å²) in [5.41, 5.74) is 0.722. The highest BCUT2D eigenvalue weighted by molar-refractivity contribution is 6.35. The number of hydrogen-bond acceptors (Lipinski definition) is 6. The van der Waals surface area contributed by atoms with Crippen LogP contribution in [0.15, 0.2) is 30.0 Å². The molecule has 8 nitrogen and oxygen atoms in total. The Labute approximate surface area is 139 Å². The largest absolute Gasteiger partial charge is 0.395 e. The number of carbonyl (C=O) groups is 2. The summed E-state index contributed by atoms with van der Waals surface area (Å²) in [5, 5.41) is 19.9. The zero-order valence-corrected chi connectivity index (χ0v) is 13.7. The van der Waals surface area contributed by atoms with Crippen molar-refractivity contribution in [2.45, 2.75) is 19.9 Å². The summed E-state index contributed by atoms with van der Waals surface area (Å²) in [7, 11) is 1.62. The first-order chi connectivity index (χ1) is 11.3. The summed E-state index contributed by atoms with van der Waals surface area (Å²) in [6.07, 6.45) is 0. The van der Waals surface area contributed by atoms with Crippen molar-refractivity contribution in [2.75, 3.05) is 20.2 Å². The minimum Gasteiger partial charge on any atom is -0.395 e. The first kappa shape index (κ1) is 17.6. The van der Waals surface area contributed by atoms with Gasteiger partial charge in [0, 0.05) is 31.8 Å². The molecule has 0 atom stereocenters. The molecule has 0 bridgehead atoms. The van der Waals surface area contributed by atoms with Gasteiger partial charge >= 0.3 is 0 Å². The normalized spacial score (nSPS) is 14.8. The van der Waals surface area contributed by atoms with E-state index in [1.807, 2.05) is 0 Å². The summed E-state index contributed by atoms with van der Waals surface area (Å²) in [6, 6.07) is 5.17. The Bertz CT molecular complexity index is 709. The van der Waals surface area contributed by atoms with Crippen LogP contribution in [0.5, 0.6) is 0 Å². The van der Waals surface area contributed by atoms with E-state index < -0.39 is 16.7 Å². The molecule has 24 heavy (non-hydrogen) atoms. The van der Waals surface area contributed by atoms with Gasteiger partial charge in [-0.15, -0.1) is 0 Å². The highest BCUT2D eigenvalue weighted by Gasteiger charge is 2.41. The quantitative estimate of drug-likeness (QED) is 0.473. The first-order valence-electron chi connectivity index (χ1n) is 7.48. The van der Waals surface area contributed by atoms with Gasteiger partial charge in [0.2, 0.25) is 0 Å². The third kappa shape index (κ3) is 3.00. The van der Waals surface area contributed by atoms with Gasteiger partial charge < -0.3 is 10.0 Å². The van der Waals surface area contributed by atoms with Crippen molar-refractivity contribution in [3.8, 4) is 0 Å². The van der Waals surface area contributed by atoms with E-state index in [9.17, 15) is 19.7 Å². The molecule has 0 saturated carbocycles. The lowest BCUT2D eigenvalue weighted by Crippen LogP contribution is -2.39. The van der Waals surface area contributed by atoms with Crippen molar-refractivity contribution in [2.24, 2.45) is 0 Å². The fraction of sp³-hybridized carbons (Fsp3) is 0.375. The SMILES string of the molecule is CC(C)N1C(=O)C(c2ccc([N+](=O)[O-])cc2)=C(N(C)CCO)C1=O. The van der Waals surface area contributed by atoms with Crippen LogP contribution in [0.3, 0.4) is 0 Å². The molecule has 0 aliphatic carbocycles. The summed E-state index contributed by atoms with van der Waals surface area (Å²) in [5.74, 6) is -0.872. The molecule has 0 fully saturated rings. The summed E-state index contributed by atoms with van der Waals surface area (Å²) in [4.78, 5) is 38.3. The van der Waals surface area contributed by atoms with Crippen molar-refractivity contribution in [3.05, 3.63) is 45.6 Å². The molecule has 0 radical (unpaired) electrons. The average molecular weight is 333 g/mol. The number of hydrogen-bond donors (Lipinski definition) is 1. The number of nitro benzene ring substituents is 1. The lowest BCUT2D eigenvalue weighted by Gasteiger charge is -2.22. The molecule has 0 unspecified atom stereocenters. The number of aliphatic hydroxyl groups excluding tert-OH is 1. The van der Waals surface area contributed by atoms with E-state index in [1.54, 1.807) is 20.9 Å². The number of non-ortho nitro benzene ring substituents is 1. The van der Waals surface area contributed by atoms with Crippen LogP contribution in [0.1, 0.15) is 19.4 Å². The van der Waals surface area contributed by atoms with Crippen molar-refractivity contribution in [3.63, 3.8) is 0 Å². The predicted octanol–water partition coefficient (Wildman–Crippen LogP) is 1.01. The van der Waals surface area contributed by atoms with Gasteiger partial charge in [-0.2, -0.15) is 0 Å². The second kappa shape index (κ2) is 6.79. The van der Waals surface area contributed by atoms with Gasteiger partial charge in [-0.25, -0.2) is 0 Å². The third-order valence-corrected chi connectivity index (χ3v) is 3.79. The Kier molecular flexibility index (Phi) is 4.99. The summed E-state index contributed by atoms with van der Waals surface area (Å²) < 4.78 is 0. The van der Waals surface area contributed by atoms with Gasteiger partial charge in [-0.05, 0) is 31.5 Å². The van der Waals surface area contributed by atoms with Gasteiger partial charge in [0.25, 0.3) is 17.5 Å². The Hall–Kier alpha value is -2.74. The monoisotopic (exact) mass is 333 g/mol. The van der Waals surface area contributed by atoms with Gasteiger partial charge in [0.05, 0.1) is 17.1 Å². The van der Waals surface area contributed by atoms with Crippen LogP contribution in [-0.4, -0.2) is 57.9 Å². The standard InChI is InChI=1S/C16H19N3O5/c1-10(2)18-15(21)13(14(16(18)22)17(3)8-9-20)11-4-6-12(7-5-11)19(23)24/h4-7,10,20H,8-9H2,1-3H3. The maximum Gasteiger partial charge on any atom is 0.278 e. The highest BCUT2D eigenvalue weighted by atomic mass is 16.6. The molecular weight excluding hydrogens is 314 g/mol. The molecular formula is C16H19N3O5. The van der Waals surface area contributed by atoms with Crippen molar-refractivity contribution < 1.29 is 19.6 Å². The average Bonchev–Trinajstić information content (AvgIpc) is 2.78. The second-order valence-electron chi connectivity index (χ2n) is 5.75. The number of rotatable bonds is 6. The van der Waals surface area contributed by atoms with Gasteiger partial charge in [-0.3, -0.25) is 24.6 Å². The molecule has 8 heteroatoms. The summed E-state index contributed by atoms with van der Waals surface area (Å²) >= 11 is 0. The Balaban J connectivity index is 2.56. The third-order valence-electron chi connectivity index (χ3n) is 3.79. The van der Waals surface area contributed by atoms with Crippen molar-refractivity contribution in [1.82, 2.24) is 9.80 Å². The number of carbonyl (C=O) groups excluding carboxylic acids is 2. The first-order valence-corrected chi connectivity index (χ1v) is 7.48. The van der Waals surface area contributed by atoms with Crippen molar-refractivity contribution >= 4 is 23.1 Å². The topological polar surface area (TPSA) is 104 Å². The van der Waals surface area contributed by atoms with E-state index in [0.717, 1.165) is 4.90 Å². The Morgan fingerprint density at radius 1 is 1.21 bits per heavy atom. The van der Waals surface area contributed by atoms with E-state index in [0.29, 0.717) is 5.56 Å². The smallest absolute Gasteiger partial charge is 0.278 e. The molecule has 2 amide bonds. The van der Waals surface area contributed by atoms with E-state index >= 15 is 0 Å². The fourth-order valence-electron chi connectivity index (χ4n) is 2.63. The molecule has 1 N–H and O–H groups in total. The number of likely N-dealkylation sites (N-methyl/N-ethyl adjacent to an activating group) is 1. The number of nitrogens with zero attached hydrogens (tertiary/aromatic N) is 3. The van der Waals surface area contributed by atoms with E-state index in [4.69, 9.17) is 5.11 Å². The van der Waals surface area contributed by atoms with Crippen LogP contribution in [0.2, 0.25) is 0 Å². The van der Waals surface area contributed by atoms with E-state index in [2.05, 4.69) is 0 Å². The Morgan fingerprint density at radius 2 is 1.79 bits per heavy atom. The zero-order valence-electron chi connectivity index (χ0n) is 13.7.